The van der Waals surface area contributed by atoms with Crippen LogP contribution in [0.2, 0.25) is 10.0 Å². The highest BCUT2D eigenvalue weighted by Gasteiger charge is 2.26. The van der Waals surface area contributed by atoms with Crippen LogP contribution in [0.5, 0.6) is 5.88 Å². The molecule has 2 aromatic rings. The molecule has 0 spiro atoms. The number of carbonyl (C=O) groups is 2. The molecule has 0 saturated heterocycles. The Morgan fingerprint density at radius 3 is 2.44 bits per heavy atom. The number of nitrogens with zero attached hydrogens (tertiary/aromatic N) is 2. The standard InChI is InChI=1S/C17H18Cl2N2O4/c1-8-6-11(14(19)9(2)13(8)18)15(22)12-7-20-21(4)16(12)25-10(3)17(23)24-5/h6-7,10H,1-5H3. The highest BCUT2D eigenvalue weighted by molar-refractivity contribution is 6.39. The summed E-state index contributed by atoms with van der Waals surface area (Å²) in [7, 11) is 2.87. The number of aryl methyl sites for hydroxylation is 2. The van der Waals surface area contributed by atoms with Gasteiger partial charge in [0.2, 0.25) is 11.7 Å². The number of methoxy groups -OCH3 is 1. The van der Waals surface area contributed by atoms with Crippen molar-refractivity contribution in [3.8, 4) is 5.88 Å². The summed E-state index contributed by atoms with van der Waals surface area (Å²) in [6, 6.07) is 1.63. The number of halogens is 2. The van der Waals surface area contributed by atoms with Crippen LogP contribution in [0, 0.1) is 13.8 Å². The zero-order chi connectivity index (χ0) is 18.9. The third kappa shape index (κ3) is 3.65. The highest BCUT2D eigenvalue weighted by Crippen LogP contribution is 2.33. The van der Waals surface area contributed by atoms with E-state index in [1.165, 1.54) is 24.9 Å². The topological polar surface area (TPSA) is 70.4 Å². The van der Waals surface area contributed by atoms with E-state index in [4.69, 9.17) is 27.9 Å². The Bertz CT molecular complexity index is 846. The minimum absolute atomic E-state index is 0.157. The normalized spacial score (nSPS) is 12.0. The predicted octanol–water partition coefficient (Wildman–Crippen LogP) is 3.52. The Kier molecular flexibility index (Phi) is 5.75. The third-order valence-electron chi connectivity index (χ3n) is 3.80. The van der Waals surface area contributed by atoms with Gasteiger partial charge in [-0.1, -0.05) is 23.2 Å². The summed E-state index contributed by atoms with van der Waals surface area (Å²) in [4.78, 5) is 24.5. The van der Waals surface area contributed by atoms with Crippen molar-refractivity contribution in [2.24, 2.45) is 7.05 Å². The predicted molar refractivity (Wildman–Crippen MR) is 94.7 cm³/mol. The Balaban J connectivity index is 2.47. The summed E-state index contributed by atoms with van der Waals surface area (Å²) in [5, 5.41) is 4.83. The Hall–Kier alpha value is -2.05. The van der Waals surface area contributed by atoms with E-state index in [1.54, 1.807) is 27.0 Å². The van der Waals surface area contributed by atoms with Gasteiger partial charge in [-0.15, -0.1) is 0 Å². The maximum absolute atomic E-state index is 13.0. The summed E-state index contributed by atoms with van der Waals surface area (Å²) in [5.41, 5.74) is 1.85. The molecule has 0 saturated carbocycles. The van der Waals surface area contributed by atoms with Crippen molar-refractivity contribution in [3.63, 3.8) is 0 Å². The van der Waals surface area contributed by atoms with Crippen molar-refractivity contribution >= 4 is 35.0 Å². The van der Waals surface area contributed by atoms with E-state index in [1.807, 2.05) is 0 Å². The van der Waals surface area contributed by atoms with Gasteiger partial charge in [-0.25, -0.2) is 9.48 Å². The molecule has 0 N–H and O–H groups in total. The molecule has 1 unspecified atom stereocenters. The van der Waals surface area contributed by atoms with Crippen LogP contribution < -0.4 is 4.74 Å². The van der Waals surface area contributed by atoms with Gasteiger partial charge in [0.1, 0.15) is 5.56 Å². The summed E-state index contributed by atoms with van der Waals surface area (Å²) < 4.78 is 11.6. The highest BCUT2D eigenvalue weighted by atomic mass is 35.5. The average Bonchev–Trinajstić information content (AvgIpc) is 2.95. The molecule has 134 valence electrons. The summed E-state index contributed by atoms with van der Waals surface area (Å²) >= 11 is 12.5. The Labute approximate surface area is 155 Å². The first-order valence-corrected chi connectivity index (χ1v) is 8.21. The largest absolute Gasteiger partial charge is 0.466 e. The molecular formula is C17H18Cl2N2O4. The molecule has 0 aliphatic carbocycles. The van der Waals surface area contributed by atoms with Crippen molar-refractivity contribution in [2.45, 2.75) is 26.9 Å². The van der Waals surface area contributed by atoms with Crippen molar-refractivity contribution in [3.05, 3.63) is 44.6 Å². The molecule has 0 fully saturated rings. The second-order valence-corrected chi connectivity index (χ2v) is 6.35. The Morgan fingerprint density at radius 1 is 1.20 bits per heavy atom. The molecule has 0 aliphatic heterocycles. The number of rotatable bonds is 5. The van der Waals surface area contributed by atoms with Crippen molar-refractivity contribution in [2.75, 3.05) is 7.11 Å². The molecule has 8 heteroatoms. The van der Waals surface area contributed by atoms with E-state index in [0.29, 0.717) is 16.1 Å². The molecule has 1 atom stereocenters. The van der Waals surface area contributed by atoms with Gasteiger partial charge in [0.05, 0.1) is 18.3 Å². The van der Waals surface area contributed by atoms with E-state index in [0.717, 1.165) is 5.56 Å². The maximum Gasteiger partial charge on any atom is 0.346 e. The van der Waals surface area contributed by atoms with Crippen LogP contribution in [0.25, 0.3) is 0 Å². The van der Waals surface area contributed by atoms with E-state index in [2.05, 4.69) is 9.84 Å². The monoisotopic (exact) mass is 384 g/mol. The Morgan fingerprint density at radius 2 is 1.84 bits per heavy atom. The molecule has 25 heavy (non-hydrogen) atoms. The van der Waals surface area contributed by atoms with Gasteiger partial charge in [-0.2, -0.15) is 5.10 Å². The molecule has 0 radical (unpaired) electrons. The first-order chi connectivity index (χ1) is 11.7. The van der Waals surface area contributed by atoms with E-state index in [9.17, 15) is 9.59 Å². The van der Waals surface area contributed by atoms with Gasteiger partial charge < -0.3 is 9.47 Å². The van der Waals surface area contributed by atoms with Crippen molar-refractivity contribution < 1.29 is 19.1 Å². The second kappa shape index (κ2) is 7.45. The number of ether oxygens (including phenoxy) is 2. The first kappa shape index (κ1) is 19.3. The zero-order valence-corrected chi connectivity index (χ0v) is 16.0. The number of ketones is 1. The number of benzene rings is 1. The van der Waals surface area contributed by atoms with Crippen LogP contribution in [0.1, 0.15) is 34.0 Å². The lowest BCUT2D eigenvalue weighted by molar-refractivity contribution is -0.148. The van der Waals surface area contributed by atoms with Gasteiger partial charge in [0.25, 0.3) is 0 Å². The van der Waals surface area contributed by atoms with Gasteiger partial charge >= 0.3 is 5.97 Å². The molecule has 6 nitrogen and oxygen atoms in total. The average molecular weight is 385 g/mol. The quantitative estimate of drug-likeness (QED) is 0.582. The van der Waals surface area contributed by atoms with Gasteiger partial charge in [-0.05, 0) is 38.0 Å². The lowest BCUT2D eigenvalue weighted by Crippen LogP contribution is -2.26. The van der Waals surface area contributed by atoms with E-state index >= 15 is 0 Å². The molecule has 1 aromatic heterocycles. The van der Waals surface area contributed by atoms with Crippen LogP contribution in [0.15, 0.2) is 12.3 Å². The van der Waals surface area contributed by atoms with Crippen molar-refractivity contribution in [1.29, 1.82) is 0 Å². The molecular weight excluding hydrogens is 367 g/mol. The minimum atomic E-state index is -0.892. The smallest absolute Gasteiger partial charge is 0.346 e. The number of esters is 1. The van der Waals surface area contributed by atoms with E-state index < -0.39 is 12.1 Å². The fraction of sp³-hybridized carbons (Fsp3) is 0.353. The number of carbonyl (C=O) groups excluding carboxylic acids is 2. The van der Waals surface area contributed by atoms with Gasteiger partial charge in [-0.3, -0.25) is 4.79 Å². The van der Waals surface area contributed by atoms with Gasteiger partial charge in [0, 0.05) is 17.6 Å². The lowest BCUT2D eigenvalue weighted by atomic mass is 10.0. The molecule has 1 aromatic carbocycles. The fourth-order valence-electron chi connectivity index (χ4n) is 2.35. The number of hydrogen-bond donors (Lipinski definition) is 0. The van der Waals surface area contributed by atoms with E-state index in [-0.39, 0.29) is 22.2 Å². The summed E-state index contributed by atoms with van der Waals surface area (Å²) in [6.45, 7) is 5.06. The maximum atomic E-state index is 13.0. The number of aromatic nitrogens is 2. The summed E-state index contributed by atoms with van der Waals surface area (Å²) in [5.74, 6) is -0.770. The van der Waals surface area contributed by atoms with Gasteiger partial charge in [0.15, 0.2) is 6.10 Å². The molecule has 1 heterocycles. The van der Waals surface area contributed by atoms with Crippen LogP contribution >= 0.6 is 23.2 Å². The lowest BCUT2D eigenvalue weighted by Gasteiger charge is -2.14. The second-order valence-electron chi connectivity index (χ2n) is 5.59. The molecule has 2 rings (SSSR count). The van der Waals surface area contributed by atoms with Crippen LogP contribution in [-0.4, -0.2) is 34.7 Å². The SMILES string of the molecule is COC(=O)C(C)Oc1c(C(=O)c2cc(C)c(Cl)c(C)c2Cl)cnn1C. The first-order valence-electron chi connectivity index (χ1n) is 7.45. The van der Waals surface area contributed by atoms with Crippen molar-refractivity contribution in [1.82, 2.24) is 9.78 Å². The fourth-order valence-corrected chi connectivity index (χ4v) is 2.78. The minimum Gasteiger partial charge on any atom is -0.466 e. The molecule has 0 amide bonds. The zero-order valence-electron chi connectivity index (χ0n) is 14.5. The molecule has 0 aliphatic rings. The molecule has 0 bridgehead atoms. The number of hydrogen-bond acceptors (Lipinski definition) is 5. The third-order valence-corrected chi connectivity index (χ3v) is 4.87. The van der Waals surface area contributed by atoms with Crippen LogP contribution in [0.3, 0.4) is 0 Å². The summed E-state index contributed by atoms with van der Waals surface area (Å²) in [6.07, 6.45) is 0.480. The van der Waals surface area contributed by atoms with Crippen LogP contribution in [-0.2, 0) is 16.6 Å². The van der Waals surface area contributed by atoms with Crippen LogP contribution in [0.4, 0.5) is 0 Å².